The van der Waals surface area contributed by atoms with Crippen molar-refractivity contribution in [2.75, 3.05) is 19.0 Å². The van der Waals surface area contributed by atoms with E-state index >= 15 is 0 Å². The molecule has 1 aliphatic carbocycles. The van der Waals surface area contributed by atoms with Crippen LogP contribution in [0.1, 0.15) is 44.0 Å². The maximum atomic E-state index is 13.4. The van der Waals surface area contributed by atoms with Crippen molar-refractivity contribution in [1.82, 2.24) is 14.0 Å². The number of hydrogen-bond donors (Lipinski definition) is 3. The largest absolute Gasteiger partial charge is 0.465 e. The molecule has 5 rings (SSSR count). The van der Waals surface area contributed by atoms with Gasteiger partial charge < -0.3 is 19.7 Å². The van der Waals surface area contributed by atoms with Gasteiger partial charge in [-0.25, -0.2) is 9.78 Å². The number of nitrogens with zero attached hydrogens (tertiary/aromatic N) is 3. The molecule has 0 aromatic carbocycles. The van der Waals surface area contributed by atoms with Crippen molar-refractivity contribution in [3.05, 3.63) is 67.9 Å². The van der Waals surface area contributed by atoms with Crippen molar-refractivity contribution >= 4 is 44.9 Å². The zero-order valence-corrected chi connectivity index (χ0v) is 19.8. The Morgan fingerprint density at radius 2 is 2.09 bits per heavy atom. The van der Waals surface area contributed by atoms with E-state index in [1.54, 1.807) is 24.4 Å². The first-order valence-electron chi connectivity index (χ1n) is 11.2. The summed E-state index contributed by atoms with van der Waals surface area (Å²) in [5, 5.41) is 21.6. The van der Waals surface area contributed by atoms with E-state index in [1.165, 1.54) is 33.5 Å². The van der Waals surface area contributed by atoms with Gasteiger partial charge in [-0.1, -0.05) is 6.07 Å². The van der Waals surface area contributed by atoms with Gasteiger partial charge in [0.15, 0.2) is 0 Å². The van der Waals surface area contributed by atoms with Gasteiger partial charge >= 0.3 is 5.97 Å². The lowest BCUT2D eigenvalue weighted by Crippen LogP contribution is -2.33. The molecule has 0 saturated heterocycles. The molecular weight excluding hydrogens is 470 g/mol. The lowest BCUT2D eigenvalue weighted by atomic mass is 9.95. The number of rotatable bonds is 5. The van der Waals surface area contributed by atoms with Gasteiger partial charge in [0.05, 0.1) is 30.2 Å². The molecule has 1 amide bonds. The molecule has 11 heteroatoms. The summed E-state index contributed by atoms with van der Waals surface area (Å²) in [6, 6.07) is 6.46. The molecule has 0 atom stereocenters. The summed E-state index contributed by atoms with van der Waals surface area (Å²) < 4.78 is 7.68. The minimum atomic E-state index is -0.634. The molecule has 0 aliphatic heterocycles. The highest BCUT2D eigenvalue weighted by molar-refractivity contribution is 7.17. The Morgan fingerprint density at radius 3 is 2.86 bits per heavy atom. The monoisotopic (exact) mass is 493 g/mol. The summed E-state index contributed by atoms with van der Waals surface area (Å²) in [5.74, 6) is -1.15. The lowest BCUT2D eigenvalue weighted by Gasteiger charge is -2.14. The van der Waals surface area contributed by atoms with Crippen molar-refractivity contribution in [2.24, 2.45) is 0 Å². The number of ether oxygens (including phenoxy) is 1. The normalized spacial score (nSPS) is 13.1. The Bertz CT molecular complexity index is 1620. The van der Waals surface area contributed by atoms with E-state index in [2.05, 4.69) is 10.3 Å². The highest BCUT2D eigenvalue weighted by atomic mass is 32.1. The highest BCUT2D eigenvalue weighted by Crippen LogP contribution is 2.38. The number of aliphatic hydroxyl groups excluding tert-OH is 1. The van der Waals surface area contributed by atoms with Gasteiger partial charge in [-0.15, -0.1) is 11.3 Å². The van der Waals surface area contributed by atoms with Gasteiger partial charge in [0, 0.05) is 17.6 Å². The molecule has 0 saturated carbocycles. The van der Waals surface area contributed by atoms with Crippen LogP contribution < -0.4 is 16.4 Å². The summed E-state index contributed by atoms with van der Waals surface area (Å²) >= 11 is 1.34. The fraction of sp³-hybridized carbons (Fsp3) is 0.292. The quantitative estimate of drug-likeness (QED) is 0.287. The van der Waals surface area contributed by atoms with E-state index in [4.69, 9.17) is 10.1 Å². The van der Waals surface area contributed by atoms with E-state index in [9.17, 15) is 19.5 Å². The summed E-state index contributed by atoms with van der Waals surface area (Å²) in [6.45, 7) is -0.330. The Balaban J connectivity index is 1.66. The molecule has 180 valence electrons. The van der Waals surface area contributed by atoms with Crippen LogP contribution in [0.5, 0.6) is 0 Å². The minimum Gasteiger partial charge on any atom is -0.465 e. The number of anilines is 1. The SMILES string of the molecule is COC(=O)c1c(NC(=O)c2cc3c(=O)n4ccccc4nc3n(CCO)c2=N)sc2c1CCCC2. The topological polar surface area (TPSA) is 139 Å². The van der Waals surface area contributed by atoms with E-state index in [-0.39, 0.29) is 35.2 Å². The Labute approximate surface area is 202 Å². The maximum Gasteiger partial charge on any atom is 0.341 e. The van der Waals surface area contributed by atoms with Gasteiger partial charge in [-0.3, -0.25) is 19.4 Å². The van der Waals surface area contributed by atoms with Crippen LogP contribution in [0.15, 0.2) is 35.3 Å². The van der Waals surface area contributed by atoms with E-state index in [0.717, 1.165) is 36.1 Å². The molecular formula is C24H23N5O5S. The summed E-state index contributed by atoms with van der Waals surface area (Å²) in [5.41, 5.74) is 1.19. The Hall–Kier alpha value is -3.83. The van der Waals surface area contributed by atoms with Gasteiger partial charge in [-0.05, 0) is 49.4 Å². The number of thiophene rings is 1. The number of amides is 1. The Morgan fingerprint density at radius 1 is 1.29 bits per heavy atom. The third kappa shape index (κ3) is 3.82. The van der Waals surface area contributed by atoms with Crippen LogP contribution in [-0.2, 0) is 24.1 Å². The van der Waals surface area contributed by atoms with Crippen molar-refractivity contribution < 1.29 is 19.4 Å². The summed E-state index contributed by atoms with van der Waals surface area (Å²) in [4.78, 5) is 44.7. The van der Waals surface area contributed by atoms with Gasteiger partial charge in [0.25, 0.3) is 11.5 Å². The van der Waals surface area contributed by atoms with Crippen LogP contribution in [0.25, 0.3) is 16.7 Å². The van der Waals surface area contributed by atoms with Crippen LogP contribution in [0.2, 0.25) is 0 Å². The number of aromatic nitrogens is 3. The molecule has 0 unspecified atom stereocenters. The third-order valence-electron chi connectivity index (χ3n) is 6.17. The lowest BCUT2D eigenvalue weighted by molar-refractivity contribution is 0.0601. The van der Waals surface area contributed by atoms with Crippen molar-refractivity contribution in [3.63, 3.8) is 0 Å². The molecule has 35 heavy (non-hydrogen) atoms. The van der Waals surface area contributed by atoms with E-state index < -0.39 is 17.4 Å². The van der Waals surface area contributed by atoms with Crippen LogP contribution >= 0.6 is 11.3 Å². The van der Waals surface area contributed by atoms with Crippen molar-refractivity contribution in [1.29, 1.82) is 5.41 Å². The average Bonchev–Trinajstić information content (AvgIpc) is 3.23. The predicted octanol–water partition coefficient (Wildman–Crippen LogP) is 2.10. The zero-order chi connectivity index (χ0) is 24.7. The van der Waals surface area contributed by atoms with Crippen molar-refractivity contribution in [3.8, 4) is 0 Å². The van der Waals surface area contributed by atoms with Crippen LogP contribution in [-0.4, -0.2) is 44.7 Å². The van der Waals surface area contributed by atoms with Crippen molar-refractivity contribution in [2.45, 2.75) is 32.2 Å². The second-order valence-electron chi connectivity index (χ2n) is 8.23. The zero-order valence-electron chi connectivity index (χ0n) is 19.0. The third-order valence-corrected chi connectivity index (χ3v) is 7.38. The van der Waals surface area contributed by atoms with E-state index in [1.807, 2.05) is 0 Å². The van der Waals surface area contributed by atoms with Gasteiger partial charge in [0.1, 0.15) is 21.8 Å². The fourth-order valence-electron chi connectivity index (χ4n) is 4.52. The van der Waals surface area contributed by atoms with E-state index in [0.29, 0.717) is 16.2 Å². The molecule has 4 aromatic rings. The number of carbonyl (C=O) groups is 2. The fourth-order valence-corrected chi connectivity index (χ4v) is 5.79. The number of pyridine rings is 2. The summed E-state index contributed by atoms with van der Waals surface area (Å²) in [6.07, 6.45) is 5.10. The highest BCUT2D eigenvalue weighted by Gasteiger charge is 2.28. The second-order valence-corrected chi connectivity index (χ2v) is 9.33. The summed E-state index contributed by atoms with van der Waals surface area (Å²) in [7, 11) is 1.30. The molecule has 10 nitrogen and oxygen atoms in total. The molecule has 0 bridgehead atoms. The first-order chi connectivity index (χ1) is 16.9. The predicted molar refractivity (Wildman–Crippen MR) is 130 cm³/mol. The first kappa shape index (κ1) is 22.9. The Kier molecular flexibility index (Phi) is 5.95. The number of fused-ring (bicyclic) bond motifs is 3. The minimum absolute atomic E-state index is 0.0212. The number of aryl methyl sites for hydroxylation is 1. The number of carbonyl (C=O) groups excluding carboxylic acids is 2. The number of esters is 1. The molecule has 3 N–H and O–H groups in total. The number of hydrogen-bond acceptors (Lipinski definition) is 8. The smallest absolute Gasteiger partial charge is 0.341 e. The number of methoxy groups -OCH3 is 1. The number of aliphatic hydroxyl groups is 1. The average molecular weight is 494 g/mol. The maximum absolute atomic E-state index is 13.4. The molecule has 0 radical (unpaired) electrons. The molecule has 4 aromatic heterocycles. The van der Waals surface area contributed by atoms with Crippen LogP contribution in [0, 0.1) is 5.41 Å². The van der Waals surface area contributed by atoms with Gasteiger partial charge in [-0.2, -0.15) is 0 Å². The molecule has 0 fully saturated rings. The molecule has 1 aliphatic rings. The second kappa shape index (κ2) is 9.08. The molecule has 0 spiro atoms. The van der Waals surface area contributed by atoms with Crippen LogP contribution in [0.3, 0.4) is 0 Å². The standard InChI is InChI=1S/C24H23N5O5S/c1-34-24(33)18-13-6-2-3-7-16(13)35-22(18)27-21(31)14-12-15-20(29(10-11-30)19(14)25)26-17-8-4-5-9-28(17)23(15)32/h4-5,8-9,12,25,30H,2-3,6-7,10-11H2,1H3,(H,27,31). The number of nitrogens with one attached hydrogen (secondary N) is 2. The van der Waals surface area contributed by atoms with Gasteiger partial charge in [0.2, 0.25) is 0 Å². The van der Waals surface area contributed by atoms with Crippen LogP contribution in [0.4, 0.5) is 5.00 Å². The first-order valence-corrected chi connectivity index (χ1v) is 12.0. The molecule has 4 heterocycles.